The Kier molecular flexibility index (Phi) is 5.75. The fourth-order valence-corrected chi connectivity index (χ4v) is 4.70. The van der Waals surface area contributed by atoms with Crippen LogP contribution in [0.4, 0.5) is 0 Å². The van der Waals surface area contributed by atoms with Crippen LogP contribution in [0.25, 0.3) is 0 Å². The summed E-state index contributed by atoms with van der Waals surface area (Å²) in [5.41, 5.74) is 0. The van der Waals surface area contributed by atoms with Crippen molar-refractivity contribution in [3.63, 3.8) is 0 Å². The maximum atomic E-state index is 12.5. The molecule has 1 aromatic heterocycles. The molecule has 1 aromatic carbocycles. The number of morpholine rings is 1. The van der Waals surface area contributed by atoms with E-state index in [1.165, 1.54) is 27.8 Å². The van der Waals surface area contributed by atoms with Crippen LogP contribution in [-0.4, -0.2) is 51.4 Å². The third-order valence-electron chi connectivity index (χ3n) is 3.65. The van der Waals surface area contributed by atoms with E-state index in [0.29, 0.717) is 41.3 Å². The van der Waals surface area contributed by atoms with Gasteiger partial charge in [-0.25, -0.2) is 8.42 Å². The molecule has 0 amide bonds. The SMILES string of the molecule is O=C(COc1ccc(S(=O)(=O)N2CCOCC2)cc1)c1ccc(Cl)s1. The van der Waals surface area contributed by atoms with E-state index in [0.717, 1.165) is 0 Å². The van der Waals surface area contributed by atoms with Gasteiger partial charge in [-0.2, -0.15) is 4.31 Å². The largest absolute Gasteiger partial charge is 0.485 e. The van der Waals surface area contributed by atoms with Crippen molar-refractivity contribution in [3.8, 4) is 5.75 Å². The first-order chi connectivity index (χ1) is 12.0. The Morgan fingerprint density at radius 3 is 2.44 bits per heavy atom. The first kappa shape index (κ1) is 18.3. The molecule has 9 heteroatoms. The van der Waals surface area contributed by atoms with Gasteiger partial charge in [0.2, 0.25) is 15.8 Å². The summed E-state index contributed by atoms with van der Waals surface area (Å²) in [7, 11) is -3.53. The molecule has 1 fully saturated rings. The Morgan fingerprint density at radius 1 is 1.16 bits per heavy atom. The van der Waals surface area contributed by atoms with Crippen molar-refractivity contribution >= 4 is 38.7 Å². The number of rotatable bonds is 6. The third kappa shape index (κ3) is 4.39. The van der Waals surface area contributed by atoms with Gasteiger partial charge in [0.25, 0.3) is 0 Å². The van der Waals surface area contributed by atoms with Crippen molar-refractivity contribution < 1.29 is 22.7 Å². The molecule has 1 aliphatic rings. The van der Waals surface area contributed by atoms with Crippen LogP contribution < -0.4 is 4.74 Å². The van der Waals surface area contributed by atoms with Gasteiger partial charge in [0.15, 0.2) is 6.61 Å². The van der Waals surface area contributed by atoms with Crippen LogP contribution in [0.15, 0.2) is 41.3 Å². The van der Waals surface area contributed by atoms with Crippen molar-refractivity contribution in [3.05, 3.63) is 45.6 Å². The Bertz CT molecular complexity index is 842. The second-order valence-corrected chi connectivity index (χ2v) is 8.96. The van der Waals surface area contributed by atoms with Crippen LogP contribution >= 0.6 is 22.9 Å². The lowest BCUT2D eigenvalue weighted by Gasteiger charge is -2.26. The van der Waals surface area contributed by atoms with Crippen LogP contribution in [0.2, 0.25) is 4.34 Å². The van der Waals surface area contributed by atoms with Gasteiger partial charge in [-0.3, -0.25) is 4.79 Å². The molecule has 0 unspecified atom stereocenters. The predicted molar refractivity (Wildman–Crippen MR) is 95.2 cm³/mol. The number of carbonyl (C=O) groups excluding carboxylic acids is 1. The summed E-state index contributed by atoms with van der Waals surface area (Å²) in [4.78, 5) is 12.7. The zero-order valence-corrected chi connectivity index (χ0v) is 15.6. The molecule has 2 heterocycles. The minimum Gasteiger partial charge on any atom is -0.485 e. The molecule has 0 saturated carbocycles. The fourth-order valence-electron chi connectivity index (χ4n) is 2.33. The summed E-state index contributed by atoms with van der Waals surface area (Å²) < 4.78 is 37.6. The second kappa shape index (κ2) is 7.84. The summed E-state index contributed by atoms with van der Waals surface area (Å²) in [5.74, 6) is 0.249. The van der Waals surface area contributed by atoms with E-state index in [2.05, 4.69) is 0 Å². The van der Waals surface area contributed by atoms with Crippen LogP contribution in [-0.2, 0) is 14.8 Å². The van der Waals surface area contributed by atoms with Gasteiger partial charge in [0, 0.05) is 13.1 Å². The molecular weight excluding hydrogens is 386 g/mol. The number of thiophene rings is 1. The summed E-state index contributed by atoms with van der Waals surface area (Å²) in [5, 5.41) is 0. The van der Waals surface area contributed by atoms with Crippen LogP contribution in [0.5, 0.6) is 5.75 Å². The van der Waals surface area contributed by atoms with Crippen LogP contribution in [0.1, 0.15) is 9.67 Å². The number of hydrogen-bond acceptors (Lipinski definition) is 6. The Hall–Kier alpha value is -1.45. The molecule has 0 radical (unpaired) electrons. The quantitative estimate of drug-likeness (QED) is 0.696. The van der Waals surface area contributed by atoms with Gasteiger partial charge in [0.05, 0.1) is 27.3 Å². The lowest BCUT2D eigenvalue weighted by molar-refractivity contribution is 0.0730. The zero-order valence-electron chi connectivity index (χ0n) is 13.2. The van der Waals surface area contributed by atoms with E-state index in [9.17, 15) is 13.2 Å². The highest BCUT2D eigenvalue weighted by Gasteiger charge is 2.26. The van der Waals surface area contributed by atoms with Gasteiger partial charge in [-0.1, -0.05) is 11.6 Å². The van der Waals surface area contributed by atoms with Crippen molar-refractivity contribution in [1.29, 1.82) is 0 Å². The zero-order chi connectivity index (χ0) is 17.9. The van der Waals surface area contributed by atoms with Crippen LogP contribution in [0.3, 0.4) is 0 Å². The monoisotopic (exact) mass is 401 g/mol. The molecule has 1 aliphatic heterocycles. The van der Waals surface area contributed by atoms with Gasteiger partial charge in [0.1, 0.15) is 5.75 Å². The fraction of sp³-hybridized carbons (Fsp3) is 0.312. The van der Waals surface area contributed by atoms with Crippen molar-refractivity contribution in [2.75, 3.05) is 32.9 Å². The molecule has 1 saturated heterocycles. The number of sulfonamides is 1. The number of ketones is 1. The van der Waals surface area contributed by atoms with E-state index < -0.39 is 10.0 Å². The number of benzene rings is 1. The average Bonchev–Trinajstić information content (AvgIpc) is 3.07. The van der Waals surface area contributed by atoms with Gasteiger partial charge in [-0.05, 0) is 36.4 Å². The van der Waals surface area contributed by atoms with E-state index >= 15 is 0 Å². The number of Topliss-reactive ketones (excluding diaryl/α,β-unsaturated/α-hetero) is 1. The second-order valence-electron chi connectivity index (χ2n) is 5.30. The number of carbonyl (C=O) groups is 1. The Balaban J connectivity index is 1.63. The number of halogens is 1. The standard InChI is InChI=1S/C16H16ClNO5S2/c17-16-6-5-15(24-16)14(19)11-23-12-1-3-13(4-2-12)25(20,21)18-7-9-22-10-8-18/h1-6H,7-11H2. The lowest BCUT2D eigenvalue weighted by Crippen LogP contribution is -2.40. The molecule has 0 bridgehead atoms. The normalized spacial score (nSPS) is 15.9. The highest BCUT2D eigenvalue weighted by atomic mass is 35.5. The lowest BCUT2D eigenvalue weighted by atomic mass is 10.3. The predicted octanol–water partition coefficient (Wildman–Crippen LogP) is 2.68. The minimum atomic E-state index is -3.53. The number of nitrogens with zero attached hydrogens (tertiary/aromatic N) is 1. The smallest absolute Gasteiger partial charge is 0.243 e. The van der Waals surface area contributed by atoms with Crippen LogP contribution in [0, 0.1) is 0 Å². The molecule has 0 spiro atoms. The van der Waals surface area contributed by atoms with Crippen molar-refractivity contribution in [2.24, 2.45) is 0 Å². The maximum Gasteiger partial charge on any atom is 0.243 e. The molecule has 134 valence electrons. The highest BCUT2D eigenvalue weighted by Crippen LogP contribution is 2.23. The first-order valence-corrected chi connectivity index (χ1v) is 10.2. The summed E-state index contributed by atoms with van der Waals surface area (Å²) in [6.07, 6.45) is 0. The third-order valence-corrected chi connectivity index (χ3v) is 6.83. The minimum absolute atomic E-state index is 0.133. The van der Waals surface area contributed by atoms with Gasteiger partial charge < -0.3 is 9.47 Å². The molecule has 2 aromatic rings. The number of hydrogen-bond donors (Lipinski definition) is 0. The van der Waals surface area contributed by atoms with E-state index in [4.69, 9.17) is 21.1 Å². The van der Waals surface area contributed by atoms with E-state index in [1.54, 1.807) is 24.3 Å². The highest BCUT2D eigenvalue weighted by molar-refractivity contribution is 7.89. The first-order valence-electron chi connectivity index (χ1n) is 7.56. The van der Waals surface area contributed by atoms with Gasteiger partial charge in [-0.15, -0.1) is 11.3 Å². The molecule has 0 atom stereocenters. The Labute approximate surface area is 155 Å². The van der Waals surface area contributed by atoms with Crippen molar-refractivity contribution in [1.82, 2.24) is 4.31 Å². The summed E-state index contributed by atoms with van der Waals surface area (Å²) >= 11 is 7.00. The van der Waals surface area contributed by atoms with Gasteiger partial charge >= 0.3 is 0 Å². The Morgan fingerprint density at radius 2 is 1.84 bits per heavy atom. The molecule has 0 N–H and O–H groups in total. The average molecular weight is 402 g/mol. The maximum absolute atomic E-state index is 12.5. The number of ether oxygens (including phenoxy) is 2. The molecule has 6 nitrogen and oxygen atoms in total. The van der Waals surface area contributed by atoms with Crippen molar-refractivity contribution in [2.45, 2.75) is 4.90 Å². The van der Waals surface area contributed by atoms with E-state index in [-0.39, 0.29) is 17.3 Å². The molecule has 3 rings (SSSR count). The summed E-state index contributed by atoms with van der Waals surface area (Å²) in [6.45, 7) is 1.36. The van der Waals surface area contributed by atoms with E-state index in [1.807, 2.05) is 0 Å². The molecule has 25 heavy (non-hydrogen) atoms. The topological polar surface area (TPSA) is 72.9 Å². The summed E-state index contributed by atoms with van der Waals surface area (Å²) in [6, 6.07) is 9.35. The molecule has 0 aliphatic carbocycles. The molecular formula is C16H16ClNO5S2.